The Morgan fingerprint density at radius 1 is 1.21 bits per heavy atom. The van der Waals surface area contributed by atoms with Crippen molar-refractivity contribution in [2.75, 3.05) is 31.9 Å². The molecule has 2 rings (SSSR count). The summed E-state index contributed by atoms with van der Waals surface area (Å²) in [4.78, 5) is 4.60. The zero-order chi connectivity index (χ0) is 20.7. The first-order valence-electron chi connectivity index (χ1n) is 9.93. The van der Waals surface area contributed by atoms with Crippen LogP contribution in [0.4, 0.5) is 0 Å². The first kappa shape index (κ1) is 26.1. The molecule has 2 N–H and O–H groups in total. The van der Waals surface area contributed by atoms with Crippen LogP contribution >= 0.6 is 24.0 Å². The molecule has 1 aliphatic rings. The molecule has 1 fully saturated rings. The molecule has 0 saturated carbocycles. The van der Waals surface area contributed by atoms with Gasteiger partial charge < -0.3 is 15.4 Å². The van der Waals surface area contributed by atoms with Crippen LogP contribution in [0.3, 0.4) is 0 Å². The van der Waals surface area contributed by atoms with Crippen LogP contribution < -0.4 is 10.6 Å². The van der Waals surface area contributed by atoms with Gasteiger partial charge in [0.2, 0.25) is 10.0 Å². The molecule has 1 aromatic carbocycles. The second-order valence-electron chi connectivity index (χ2n) is 7.44. The van der Waals surface area contributed by atoms with Gasteiger partial charge in [0, 0.05) is 26.2 Å². The maximum Gasteiger partial charge on any atom is 0.216 e. The SMILES string of the molecule is CCNC(=NCc1ccc(C)cc1C)NCCS(=O)(=O)N1CC(C)OC(C)C1.I. The van der Waals surface area contributed by atoms with Crippen LogP contribution in [0.25, 0.3) is 0 Å². The van der Waals surface area contributed by atoms with E-state index in [1.54, 1.807) is 0 Å². The number of ether oxygens (including phenoxy) is 1. The quantitative estimate of drug-likeness (QED) is 0.317. The number of aryl methyl sites for hydroxylation is 2. The molecule has 1 heterocycles. The lowest BCUT2D eigenvalue weighted by atomic mass is 10.1. The van der Waals surface area contributed by atoms with E-state index in [0.29, 0.717) is 38.7 Å². The topological polar surface area (TPSA) is 83.0 Å². The molecular formula is C20H35IN4O3S. The maximum absolute atomic E-state index is 12.6. The molecule has 29 heavy (non-hydrogen) atoms. The zero-order valence-corrected chi connectivity index (χ0v) is 21.2. The number of halogens is 1. The molecule has 0 bridgehead atoms. The largest absolute Gasteiger partial charge is 0.373 e. The van der Waals surface area contributed by atoms with Crippen molar-refractivity contribution in [2.24, 2.45) is 4.99 Å². The number of hydrogen-bond acceptors (Lipinski definition) is 4. The summed E-state index contributed by atoms with van der Waals surface area (Å²) in [6.45, 7) is 12.3. The number of hydrogen-bond donors (Lipinski definition) is 2. The Labute approximate surface area is 192 Å². The molecule has 1 saturated heterocycles. The van der Waals surface area contributed by atoms with Crippen molar-refractivity contribution in [1.82, 2.24) is 14.9 Å². The third-order valence-corrected chi connectivity index (χ3v) is 6.49. The molecule has 7 nitrogen and oxygen atoms in total. The zero-order valence-electron chi connectivity index (χ0n) is 18.1. The van der Waals surface area contributed by atoms with Crippen LogP contribution in [0.15, 0.2) is 23.2 Å². The van der Waals surface area contributed by atoms with Crippen LogP contribution in [0.1, 0.15) is 37.5 Å². The summed E-state index contributed by atoms with van der Waals surface area (Å²) in [6, 6.07) is 6.31. The fourth-order valence-electron chi connectivity index (χ4n) is 3.31. The van der Waals surface area contributed by atoms with Gasteiger partial charge in [-0.3, -0.25) is 0 Å². The van der Waals surface area contributed by atoms with Crippen LogP contribution in [-0.2, 0) is 21.3 Å². The molecule has 2 atom stereocenters. The fourth-order valence-corrected chi connectivity index (χ4v) is 4.81. The number of sulfonamides is 1. The maximum atomic E-state index is 12.6. The van der Waals surface area contributed by atoms with Gasteiger partial charge in [0.15, 0.2) is 5.96 Å². The van der Waals surface area contributed by atoms with Gasteiger partial charge in [-0.1, -0.05) is 23.8 Å². The fraction of sp³-hybridized carbons (Fsp3) is 0.650. The summed E-state index contributed by atoms with van der Waals surface area (Å²) >= 11 is 0. The van der Waals surface area contributed by atoms with Crippen LogP contribution in [0.2, 0.25) is 0 Å². The van der Waals surface area contributed by atoms with Crippen molar-refractivity contribution < 1.29 is 13.2 Å². The van der Waals surface area contributed by atoms with E-state index >= 15 is 0 Å². The number of nitrogens with zero attached hydrogens (tertiary/aromatic N) is 2. The lowest BCUT2D eigenvalue weighted by Gasteiger charge is -2.34. The first-order valence-corrected chi connectivity index (χ1v) is 11.5. The van der Waals surface area contributed by atoms with Crippen molar-refractivity contribution in [3.63, 3.8) is 0 Å². The van der Waals surface area contributed by atoms with Crippen LogP contribution in [-0.4, -0.2) is 62.8 Å². The monoisotopic (exact) mass is 538 g/mol. The minimum Gasteiger partial charge on any atom is -0.373 e. The number of benzene rings is 1. The molecule has 2 unspecified atom stereocenters. The van der Waals surface area contributed by atoms with E-state index in [-0.39, 0.29) is 41.9 Å². The van der Waals surface area contributed by atoms with Gasteiger partial charge in [-0.05, 0) is 45.7 Å². The average molecular weight is 538 g/mol. The molecule has 0 aromatic heterocycles. The standard InChI is InChI=1S/C20H34N4O3S.HI/c1-6-21-20(23-12-19-8-7-15(2)11-16(19)3)22-9-10-28(25,26)24-13-17(4)27-18(5)14-24;/h7-8,11,17-18H,6,9-10,12-14H2,1-5H3,(H2,21,22,23);1H. The number of morpholine rings is 1. The molecule has 166 valence electrons. The number of nitrogens with one attached hydrogen (secondary N) is 2. The second-order valence-corrected chi connectivity index (χ2v) is 9.53. The molecule has 0 amide bonds. The van der Waals surface area contributed by atoms with E-state index in [1.165, 1.54) is 15.4 Å². The predicted octanol–water partition coefficient (Wildman–Crippen LogP) is 2.42. The minimum absolute atomic E-state index is 0. The Kier molecular flexibility index (Phi) is 10.9. The summed E-state index contributed by atoms with van der Waals surface area (Å²) in [5.74, 6) is 0.654. The molecular weight excluding hydrogens is 503 g/mol. The third-order valence-electron chi connectivity index (χ3n) is 4.68. The second kappa shape index (κ2) is 12.1. The van der Waals surface area contributed by atoms with E-state index < -0.39 is 10.0 Å². The van der Waals surface area contributed by atoms with E-state index in [9.17, 15) is 8.42 Å². The lowest BCUT2D eigenvalue weighted by molar-refractivity contribution is -0.0440. The highest BCUT2D eigenvalue weighted by Gasteiger charge is 2.30. The van der Waals surface area contributed by atoms with E-state index in [1.807, 2.05) is 20.8 Å². The third kappa shape index (κ3) is 8.39. The van der Waals surface area contributed by atoms with E-state index in [2.05, 4.69) is 47.7 Å². The van der Waals surface area contributed by atoms with Gasteiger partial charge in [-0.2, -0.15) is 4.31 Å². The van der Waals surface area contributed by atoms with Gasteiger partial charge in [0.25, 0.3) is 0 Å². The van der Waals surface area contributed by atoms with Gasteiger partial charge in [0.05, 0.1) is 24.5 Å². The number of guanidine groups is 1. The van der Waals surface area contributed by atoms with Crippen LogP contribution in [0, 0.1) is 13.8 Å². The summed E-state index contributed by atoms with van der Waals surface area (Å²) in [5.41, 5.74) is 3.59. The van der Waals surface area contributed by atoms with Gasteiger partial charge >= 0.3 is 0 Å². The normalized spacial score (nSPS) is 20.8. The van der Waals surface area contributed by atoms with Crippen molar-refractivity contribution in [3.8, 4) is 0 Å². The van der Waals surface area contributed by atoms with Crippen molar-refractivity contribution in [2.45, 2.75) is 53.4 Å². The Hall–Kier alpha value is -0.910. The average Bonchev–Trinajstić information content (AvgIpc) is 2.60. The first-order chi connectivity index (χ1) is 13.2. The lowest BCUT2D eigenvalue weighted by Crippen LogP contribution is -2.50. The summed E-state index contributed by atoms with van der Waals surface area (Å²) < 4.78 is 32.4. The van der Waals surface area contributed by atoms with Crippen molar-refractivity contribution >= 4 is 40.0 Å². The highest BCUT2D eigenvalue weighted by molar-refractivity contribution is 14.0. The molecule has 0 radical (unpaired) electrons. The highest BCUT2D eigenvalue weighted by atomic mass is 127. The molecule has 1 aliphatic heterocycles. The molecule has 0 spiro atoms. The van der Waals surface area contributed by atoms with Crippen molar-refractivity contribution in [3.05, 3.63) is 34.9 Å². The molecule has 1 aromatic rings. The summed E-state index contributed by atoms with van der Waals surface area (Å²) in [7, 11) is -3.33. The van der Waals surface area contributed by atoms with Gasteiger partial charge in [0.1, 0.15) is 0 Å². The van der Waals surface area contributed by atoms with Crippen molar-refractivity contribution in [1.29, 1.82) is 0 Å². The highest BCUT2D eigenvalue weighted by Crippen LogP contribution is 2.14. The Morgan fingerprint density at radius 3 is 2.45 bits per heavy atom. The number of aliphatic imine (C=N–C) groups is 1. The van der Waals surface area contributed by atoms with Gasteiger partial charge in [-0.25, -0.2) is 13.4 Å². The summed E-state index contributed by atoms with van der Waals surface area (Å²) in [5, 5.41) is 6.32. The minimum atomic E-state index is -3.33. The Balaban J connectivity index is 0.00000420. The predicted molar refractivity (Wildman–Crippen MR) is 130 cm³/mol. The molecule has 0 aliphatic carbocycles. The van der Waals surface area contributed by atoms with Crippen LogP contribution in [0.5, 0.6) is 0 Å². The van der Waals surface area contributed by atoms with Gasteiger partial charge in [-0.15, -0.1) is 24.0 Å². The van der Waals surface area contributed by atoms with E-state index in [0.717, 1.165) is 5.56 Å². The van der Waals surface area contributed by atoms with E-state index in [4.69, 9.17) is 4.74 Å². The Bertz CT molecular complexity index is 776. The number of rotatable bonds is 7. The Morgan fingerprint density at radius 2 is 1.86 bits per heavy atom. The smallest absolute Gasteiger partial charge is 0.216 e. The summed E-state index contributed by atoms with van der Waals surface area (Å²) in [6.07, 6.45) is -0.161. The molecule has 9 heteroatoms.